The van der Waals surface area contributed by atoms with Crippen LogP contribution in [0.1, 0.15) is 43.3 Å². The van der Waals surface area contributed by atoms with E-state index in [1.54, 1.807) is 18.2 Å². The van der Waals surface area contributed by atoms with Crippen LogP contribution in [0, 0.1) is 13.8 Å². The lowest BCUT2D eigenvalue weighted by Gasteiger charge is -2.19. The molecule has 0 aliphatic heterocycles. The normalized spacial score (nSPS) is 12.1. The molecule has 0 aliphatic rings. The summed E-state index contributed by atoms with van der Waals surface area (Å²) < 4.78 is 34.7. The number of hydrogen-bond donors (Lipinski definition) is 1. The number of thiophene rings is 1. The molecule has 2 aromatic heterocycles. The Balaban J connectivity index is 1.73. The maximum Gasteiger partial charge on any atom is 0.306 e. The van der Waals surface area contributed by atoms with Crippen LogP contribution >= 0.6 is 22.9 Å². The predicted molar refractivity (Wildman–Crippen MR) is 151 cm³/mol. The second kappa shape index (κ2) is 10.4. The van der Waals surface area contributed by atoms with Crippen LogP contribution in [0.15, 0.2) is 59.5 Å². The minimum atomic E-state index is -3.88. The number of carbonyl (C=O) groups excluding carboxylic acids is 1. The summed E-state index contributed by atoms with van der Waals surface area (Å²) in [6, 6.07) is 15.8. The van der Waals surface area contributed by atoms with Crippen LogP contribution in [-0.4, -0.2) is 25.0 Å². The summed E-state index contributed by atoms with van der Waals surface area (Å²) in [4.78, 5) is 18.7. The Kier molecular flexibility index (Phi) is 7.65. The fourth-order valence-electron chi connectivity index (χ4n) is 4.12. The first-order valence-corrected chi connectivity index (χ1v) is 14.5. The van der Waals surface area contributed by atoms with Gasteiger partial charge in [-0.15, -0.1) is 11.3 Å². The summed E-state index contributed by atoms with van der Waals surface area (Å²) in [7, 11) is -3.88. The van der Waals surface area contributed by atoms with E-state index in [-0.39, 0.29) is 17.3 Å². The van der Waals surface area contributed by atoms with Crippen LogP contribution in [0.2, 0.25) is 5.02 Å². The van der Waals surface area contributed by atoms with Crippen LogP contribution in [0.4, 0.5) is 5.69 Å². The van der Waals surface area contributed by atoms with Crippen LogP contribution in [-0.2, 0) is 26.0 Å². The quantitative estimate of drug-likeness (QED) is 0.241. The average molecular weight is 557 g/mol. The first-order valence-electron chi connectivity index (χ1n) is 11.8. The van der Waals surface area contributed by atoms with Crippen LogP contribution in [0.5, 0.6) is 0 Å². The third-order valence-electron chi connectivity index (χ3n) is 5.57. The van der Waals surface area contributed by atoms with E-state index >= 15 is 0 Å². The largest absolute Gasteiger partial charge is 0.460 e. The topological polar surface area (TPSA) is 85.4 Å². The molecule has 194 valence electrons. The summed E-state index contributed by atoms with van der Waals surface area (Å²) in [5, 5.41) is 1.08. The zero-order chi connectivity index (χ0) is 27.0. The van der Waals surface area contributed by atoms with Crippen molar-refractivity contribution in [3.8, 4) is 11.1 Å². The molecular formula is C28H29ClN2O4S2. The molecule has 37 heavy (non-hydrogen) atoms. The van der Waals surface area contributed by atoms with Crippen LogP contribution in [0.3, 0.4) is 0 Å². The van der Waals surface area contributed by atoms with E-state index in [9.17, 15) is 13.2 Å². The standard InChI is InChI=1S/C28H29ClN2O4S2/c1-17-14-23(31-37(33,34)22-11-7-10-21(29)16-22)26-25(18(2)36-27(26)30-17)20-9-6-8-19(15-20)12-13-24(32)35-28(3,4)5/h6-11,14-16H,12-13H2,1-5H3,(H,30,31). The SMILES string of the molecule is Cc1cc(NS(=O)(=O)c2cccc(Cl)c2)c2c(-c3cccc(CCC(=O)OC(C)(C)C)c3)c(C)sc2n1. The molecular weight excluding hydrogens is 528 g/mol. The smallest absolute Gasteiger partial charge is 0.306 e. The summed E-state index contributed by atoms with van der Waals surface area (Å²) in [5.41, 5.74) is 3.47. The lowest BCUT2D eigenvalue weighted by molar-refractivity contribution is -0.154. The van der Waals surface area contributed by atoms with Gasteiger partial charge < -0.3 is 4.74 Å². The molecule has 6 nitrogen and oxygen atoms in total. The van der Waals surface area contributed by atoms with E-state index in [1.807, 2.05) is 58.9 Å². The molecule has 0 saturated heterocycles. The lowest BCUT2D eigenvalue weighted by Crippen LogP contribution is -2.24. The molecule has 0 radical (unpaired) electrons. The number of carbonyl (C=O) groups is 1. The number of halogens is 1. The van der Waals surface area contributed by atoms with E-state index in [0.717, 1.165) is 31.8 Å². The molecule has 0 fully saturated rings. The Morgan fingerprint density at radius 3 is 2.51 bits per heavy atom. The van der Waals surface area contributed by atoms with Gasteiger partial charge in [0.2, 0.25) is 0 Å². The number of nitrogens with zero attached hydrogens (tertiary/aromatic N) is 1. The van der Waals surface area contributed by atoms with Gasteiger partial charge in [-0.25, -0.2) is 13.4 Å². The molecule has 0 atom stereocenters. The summed E-state index contributed by atoms with van der Waals surface area (Å²) in [5.74, 6) is -0.243. The molecule has 0 aliphatic carbocycles. The number of aromatic nitrogens is 1. The molecule has 0 unspecified atom stereocenters. The molecule has 0 spiro atoms. The predicted octanol–water partition coefficient (Wildman–Crippen LogP) is 7.31. The highest BCUT2D eigenvalue weighted by molar-refractivity contribution is 7.92. The Morgan fingerprint density at radius 1 is 1.08 bits per heavy atom. The highest BCUT2D eigenvalue weighted by Gasteiger charge is 2.22. The number of ether oxygens (including phenoxy) is 1. The minimum absolute atomic E-state index is 0.0836. The first kappa shape index (κ1) is 27.1. The number of benzene rings is 2. The number of nitrogens with one attached hydrogen (secondary N) is 1. The Morgan fingerprint density at radius 2 is 1.81 bits per heavy atom. The van der Waals surface area contributed by atoms with Gasteiger partial charge in [0.15, 0.2) is 0 Å². The maximum atomic E-state index is 13.2. The van der Waals surface area contributed by atoms with Gasteiger partial charge in [0, 0.05) is 33.0 Å². The molecule has 4 aromatic rings. The second-order valence-electron chi connectivity index (χ2n) is 9.87. The van der Waals surface area contributed by atoms with E-state index in [0.29, 0.717) is 22.8 Å². The summed E-state index contributed by atoms with van der Waals surface area (Å²) in [6.45, 7) is 9.39. The van der Waals surface area contributed by atoms with Gasteiger partial charge >= 0.3 is 5.97 Å². The van der Waals surface area contributed by atoms with Gasteiger partial charge in [0.25, 0.3) is 10.0 Å². The number of rotatable bonds is 7. The molecule has 0 bridgehead atoms. The Hall–Kier alpha value is -2.94. The molecule has 9 heteroatoms. The third-order valence-corrected chi connectivity index (χ3v) is 8.17. The van der Waals surface area contributed by atoms with Crippen molar-refractivity contribution >= 4 is 54.8 Å². The van der Waals surface area contributed by atoms with E-state index in [4.69, 9.17) is 16.3 Å². The van der Waals surface area contributed by atoms with E-state index in [1.165, 1.54) is 23.5 Å². The number of hydrogen-bond acceptors (Lipinski definition) is 6. The zero-order valence-electron chi connectivity index (χ0n) is 21.4. The van der Waals surface area contributed by atoms with Gasteiger partial charge in [0.05, 0.1) is 10.6 Å². The molecule has 0 saturated carbocycles. The van der Waals surface area contributed by atoms with Crippen molar-refractivity contribution in [2.24, 2.45) is 0 Å². The Bertz CT molecular complexity index is 1590. The van der Waals surface area contributed by atoms with Crippen molar-refractivity contribution in [1.82, 2.24) is 4.98 Å². The molecule has 0 amide bonds. The van der Waals surface area contributed by atoms with Gasteiger partial charge in [-0.05, 0) is 76.4 Å². The van der Waals surface area contributed by atoms with E-state index in [2.05, 4.69) is 9.71 Å². The highest BCUT2D eigenvalue weighted by Crippen LogP contribution is 2.42. The van der Waals surface area contributed by atoms with Crippen LogP contribution < -0.4 is 4.72 Å². The third kappa shape index (κ3) is 6.50. The molecule has 1 N–H and O–H groups in total. The number of aryl methyl sites for hydroxylation is 3. The van der Waals surface area contributed by atoms with Crippen molar-refractivity contribution < 1.29 is 17.9 Å². The van der Waals surface area contributed by atoms with Gasteiger partial charge in [0.1, 0.15) is 10.4 Å². The second-order valence-corrected chi connectivity index (χ2v) is 13.2. The average Bonchev–Trinajstić information content (AvgIpc) is 3.12. The number of anilines is 1. The van der Waals surface area contributed by atoms with Crippen LogP contribution in [0.25, 0.3) is 21.3 Å². The number of pyridine rings is 1. The monoisotopic (exact) mass is 556 g/mol. The van der Waals surface area contributed by atoms with E-state index < -0.39 is 15.6 Å². The fourth-order valence-corrected chi connectivity index (χ4v) is 6.60. The van der Waals surface area contributed by atoms with Crippen molar-refractivity contribution in [3.05, 3.63) is 75.8 Å². The molecule has 2 heterocycles. The number of fused-ring (bicyclic) bond motifs is 1. The number of sulfonamides is 1. The minimum Gasteiger partial charge on any atom is -0.460 e. The molecule has 2 aromatic carbocycles. The maximum absolute atomic E-state index is 13.2. The van der Waals surface area contributed by atoms with Crippen molar-refractivity contribution in [3.63, 3.8) is 0 Å². The Labute approximate surface area is 226 Å². The summed E-state index contributed by atoms with van der Waals surface area (Å²) in [6.07, 6.45) is 0.811. The van der Waals surface area contributed by atoms with Gasteiger partial charge in [-0.3, -0.25) is 9.52 Å². The highest BCUT2D eigenvalue weighted by atomic mass is 35.5. The van der Waals surface area contributed by atoms with Gasteiger partial charge in [-0.2, -0.15) is 0 Å². The van der Waals surface area contributed by atoms with Crippen molar-refractivity contribution in [2.75, 3.05) is 4.72 Å². The first-order chi connectivity index (χ1) is 17.3. The number of esters is 1. The van der Waals surface area contributed by atoms with Crippen molar-refractivity contribution in [1.29, 1.82) is 0 Å². The zero-order valence-corrected chi connectivity index (χ0v) is 23.8. The molecule has 4 rings (SSSR count). The van der Waals surface area contributed by atoms with Crippen molar-refractivity contribution in [2.45, 2.75) is 58.0 Å². The summed E-state index contributed by atoms with van der Waals surface area (Å²) >= 11 is 7.56. The lowest BCUT2D eigenvalue weighted by atomic mass is 9.98. The van der Waals surface area contributed by atoms with Gasteiger partial charge in [-0.1, -0.05) is 41.9 Å². The fraction of sp³-hybridized carbons (Fsp3) is 0.286.